The minimum absolute atomic E-state index is 0.112. The average Bonchev–Trinajstić information content (AvgIpc) is 2.53. The zero-order valence-corrected chi connectivity index (χ0v) is 13.8. The van der Waals surface area contributed by atoms with E-state index >= 15 is 0 Å². The molecule has 0 radical (unpaired) electrons. The fourth-order valence-corrected chi connectivity index (χ4v) is 2.90. The van der Waals surface area contributed by atoms with Gasteiger partial charge in [0.25, 0.3) is 5.91 Å². The molecule has 2 aromatic heterocycles. The van der Waals surface area contributed by atoms with Crippen LogP contribution in [0.5, 0.6) is 5.88 Å². The first kappa shape index (κ1) is 16.2. The largest absolute Gasteiger partial charge is 0.619 e. The van der Waals surface area contributed by atoms with Crippen LogP contribution in [0.4, 0.5) is 0 Å². The van der Waals surface area contributed by atoms with Gasteiger partial charge in [-0.2, -0.15) is 9.71 Å². The summed E-state index contributed by atoms with van der Waals surface area (Å²) in [6, 6.07) is 5.02. The second kappa shape index (κ2) is 6.82. The average molecular weight is 328 g/mol. The zero-order chi connectivity index (χ0) is 17.1. The number of aromatic nitrogens is 3. The molecular formula is C17H20N4O3. The van der Waals surface area contributed by atoms with Gasteiger partial charge in [0.1, 0.15) is 17.5 Å². The summed E-state index contributed by atoms with van der Waals surface area (Å²) in [5.41, 5.74) is 1.24. The molecule has 7 heteroatoms. The monoisotopic (exact) mass is 328 g/mol. The van der Waals surface area contributed by atoms with Gasteiger partial charge in [-0.05, 0) is 32.8 Å². The number of pyridine rings is 1. The maximum absolute atomic E-state index is 12.6. The van der Waals surface area contributed by atoms with Crippen LogP contribution in [-0.4, -0.2) is 40.0 Å². The lowest BCUT2D eigenvalue weighted by Crippen LogP contribution is -2.45. The number of amides is 1. The molecule has 3 heterocycles. The van der Waals surface area contributed by atoms with Crippen molar-refractivity contribution in [2.24, 2.45) is 0 Å². The first-order valence-electron chi connectivity index (χ1n) is 7.98. The molecule has 126 valence electrons. The number of aryl methyl sites for hydroxylation is 2. The van der Waals surface area contributed by atoms with Crippen molar-refractivity contribution in [2.75, 3.05) is 13.1 Å². The van der Waals surface area contributed by atoms with Crippen molar-refractivity contribution in [3.63, 3.8) is 0 Å². The van der Waals surface area contributed by atoms with E-state index in [0.29, 0.717) is 35.1 Å². The molecule has 7 nitrogen and oxygen atoms in total. The van der Waals surface area contributed by atoms with Crippen molar-refractivity contribution >= 4 is 5.91 Å². The smallest absolute Gasteiger partial charge is 0.260 e. The fourth-order valence-electron chi connectivity index (χ4n) is 2.90. The van der Waals surface area contributed by atoms with Gasteiger partial charge in [-0.3, -0.25) is 4.79 Å². The Hall–Kier alpha value is -2.70. The molecule has 1 aliphatic heterocycles. The molecule has 1 atom stereocenters. The van der Waals surface area contributed by atoms with Gasteiger partial charge in [-0.15, -0.1) is 0 Å². The number of piperidine rings is 1. The molecule has 0 bridgehead atoms. The lowest BCUT2D eigenvalue weighted by atomic mass is 10.1. The molecule has 1 unspecified atom stereocenters. The Morgan fingerprint density at radius 3 is 3.00 bits per heavy atom. The molecule has 0 spiro atoms. The Morgan fingerprint density at radius 2 is 2.25 bits per heavy atom. The van der Waals surface area contributed by atoms with Gasteiger partial charge in [0.2, 0.25) is 5.88 Å². The zero-order valence-electron chi connectivity index (χ0n) is 13.8. The van der Waals surface area contributed by atoms with Crippen molar-refractivity contribution in [3.8, 4) is 5.88 Å². The van der Waals surface area contributed by atoms with E-state index in [4.69, 9.17) is 4.74 Å². The molecular weight excluding hydrogens is 308 g/mol. The summed E-state index contributed by atoms with van der Waals surface area (Å²) in [6.45, 7) is 4.86. The van der Waals surface area contributed by atoms with E-state index < -0.39 is 0 Å². The first-order chi connectivity index (χ1) is 11.5. The van der Waals surface area contributed by atoms with E-state index in [1.54, 1.807) is 23.1 Å². The standard InChI is InChI=1S/C17H20N4O3/c1-12-9-16(19-13(2)18-12)24-15-6-4-7-20(11-15)17(22)14-5-3-8-21(23)10-14/h3,5,8-10,15H,4,6-7,11H2,1-2H3. The van der Waals surface area contributed by atoms with Crippen molar-refractivity contribution in [1.82, 2.24) is 14.9 Å². The predicted molar refractivity (Wildman–Crippen MR) is 86.5 cm³/mol. The number of rotatable bonds is 3. The quantitative estimate of drug-likeness (QED) is 0.628. The number of carbonyl (C=O) groups is 1. The molecule has 0 saturated carbocycles. The van der Waals surface area contributed by atoms with Gasteiger partial charge < -0.3 is 14.8 Å². The van der Waals surface area contributed by atoms with E-state index in [0.717, 1.165) is 18.5 Å². The van der Waals surface area contributed by atoms with Gasteiger partial charge in [0.05, 0.1) is 6.54 Å². The van der Waals surface area contributed by atoms with Crippen LogP contribution >= 0.6 is 0 Å². The molecule has 1 amide bonds. The molecule has 0 N–H and O–H groups in total. The Morgan fingerprint density at radius 1 is 1.42 bits per heavy atom. The predicted octanol–water partition coefficient (Wildman–Crippen LogP) is 1.41. The third-order valence-electron chi connectivity index (χ3n) is 3.92. The van der Waals surface area contributed by atoms with Crippen molar-refractivity contribution in [2.45, 2.75) is 32.8 Å². The van der Waals surface area contributed by atoms with Crippen molar-refractivity contribution < 1.29 is 14.3 Å². The van der Waals surface area contributed by atoms with Crippen LogP contribution in [0.1, 0.15) is 34.7 Å². The van der Waals surface area contributed by atoms with E-state index in [2.05, 4.69) is 9.97 Å². The maximum Gasteiger partial charge on any atom is 0.260 e. The number of likely N-dealkylation sites (tertiary alicyclic amines) is 1. The Kier molecular flexibility index (Phi) is 4.59. The maximum atomic E-state index is 12.6. The summed E-state index contributed by atoms with van der Waals surface area (Å²) in [7, 11) is 0. The minimum atomic E-state index is -0.149. The highest BCUT2D eigenvalue weighted by Crippen LogP contribution is 2.19. The molecule has 3 rings (SSSR count). The minimum Gasteiger partial charge on any atom is -0.619 e. The SMILES string of the molecule is Cc1cc(OC2CCCN(C(=O)c3ccc[n+]([O-])c3)C2)nc(C)n1. The summed E-state index contributed by atoms with van der Waals surface area (Å²) in [6.07, 6.45) is 4.26. The van der Waals surface area contributed by atoms with Gasteiger partial charge in [-0.1, -0.05) is 0 Å². The van der Waals surface area contributed by atoms with Gasteiger partial charge in [0, 0.05) is 24.4 Å². The first-order valence-corrected chi connectivity index (χ1v) is 7.98. The second-order valence-electron chi connectivity index (χ2n) is 5.98. The van der Waals surface area contributed by atoms with Crippen LogP contribution in [0.25, 0.3) is 0 Å². The summed E-state index contributed by atoms with van der Waals surface area (Å²) < 4.78 is 6.58. The topological polar surface area (TPSA) is 82.3 Å². The van der Waals surface area contributed by atoms with Crippen LogP contribution in [0.15, 0.2) is 30.6 Å². The van der Waals surface area contributed by atoms with Crippen molar-refractivity contribution in [3.05, 3.63) is 52.9 Å². The van der Waals surface area contributed by atoms with Gasteiger partial charge >= 0.3 is 0 Å². The lowest BCUT2D eigenvalue weighted by Gasteiger charge is -2.32. The molecule has 0 aromatic carbocycles. The molecule has 2 aromatic rings. The number of ether oxygens (including phenoxy) is 1. The second-order valence-corrected chi connectivity index (χ2v) is 5.98. The Labute approximate surface area is 140 Å². The van der Waals surface area contributed by atoms with E-state index in [9.17, 15) is 10.0 Å². The van der Waals surface area contributed by atoms with Crippen LogP contribution in [0.3, 0.4) is 0 Å². The molecule has 24 heavy (non-hydrogen) atoms. The highest BCUT2D eigenvalue weighted by Gasteiger charge is 2.27. The van der Waals surface area contributed by atoms with Crippen LogP contribution < -0.4 is 9.47 Å². The summed E-state index contributed by atoms with van der Waals surface area (Å²) in [5.74, 6) is 1.05. The van der Waals surface area contributed by atoms with Crippen LogP contribution in [0, 0.1) is 19.1 Å². The van der Waals surface area contributed by atoms with Gasteiger partial charge in [0.15, 0.2) is 12.4 Å². The number of hydrogen-bond donors (Lipinski definition) is 0. The molecule has 1 aliphatic rings. The summed E-state index contributed by atoms with van der Waals surface area (Å²) >= 11 is 0. The summed E-state index contributed by atoms with van der Waals surface area (Å²) in [5, 5.41) is 11.4. The fraction of sp³-hybridized carbons (Fsp3) is 0.412. The highest BCUT2D eigenvalue weighted by atomic mass is 16.5. The van der Waals surface area contributed by atoms with E-state index in [-0.39, 0.29) is 12.0 Å². The number of carbonyl (C=O) groups excluding carboxylic acids is 1. The number of nitrogens with zero attached hydrogens (tertiary/aromatic N) is 4. The van der Waals surface area contributed by atoms with Crippen LogP contribution in [-0.2, 0) is 0 Å². The lowest BCUT2D eigenvalue weighted by molar-refractivity contribution is -0.605. The normalized spacial score (nSPS) is 17.6. The van der Waals surface area contributed by atoms with E-state index in [1.165, 1.54) is 12.4 Å². The van der Waals surface area contributed by atoms with E-state index in [1.807, 2.05) is 13.8 Å². The number of hydrogen-bond acceptors (Lipinski definition) is 5. The van der Waals surface area contributed by atoms with Crippen LogP contribution in [0.2, 0.25) is 0 Å². The highest BCUT2D eigenvalue weighted by molar-refractivity contribution is 5.93. The van der Waals surface area contributed by atoms with Gasteiger partial charge in [-0.25, -0.2) is 4.98 Å². The molecule has 1 saturated heterocycles. The van der Waals surface area contributed by atoms with Crippen molar-refractivity contribution in [1.29, 1.82) is 0 Å². The third-order valence-corrected chi connectivity index (χ3v) is 3.92. The molecule has 1 fully saturated rings. The molecule has 0 aliphatic carbocycles. The third kappa shape index (κ3) is 3.79. The Bertz CT molecular complexity index is 730. The summed E-state index contributed by atoms with van der Waals surface area (Å²) in [4.78, 5) is 22.8. The Balaban J connectivity index is 1.69.